The van der Waals surface area contributed by atoms with Crippen molar-refractivity contribution in [3.05, 3.63) is 65.7 Å². The summed E-state index contributed by atoms with van der Waals surface area (Å²) in [6.07, 6.45) is 1.40. The monoisotopic (exact) mass is 351 g/mol. The van der Waals surface area contributed by atoms with Crippen LogP contribution in [-0.2, 0) is 16.1 Å². The van der Waals surface area contributed by atoms with E-state index in [4.69, 9.17) is 12.2 Å². The number of aryl methyl sites for hydroxylation is 1. The molecule has 2 aromatic rings. The van der Waals surface area contributed by atoms with Crippen molar-refractivity contribution >= 4 is 41.0 Å². The fourth-order valence-electron chi connectivity index (χ4n) is 2.51. The third kappa shape index (κ3) is 3.80. The molecule has 126 valence electrons. The predicted molar refractivity (Wildman–Crippen MR) is 102 cm³/mol. The van der Waals surface area contributed by atoms with Gasteiger partial charge in [-0.3, -0.25) is 19.5 Å². The summed E-state index contributed by atoms with van der Waals surface area (Å²) >= 11 is 5.17. The summed E-state index contributed by atoms with van der Waals surface area (Å²) in [5.41, 5.74) is 2.71. The SMILES string of the molecule is Cc1ccc(N2C(=O)[C@H](C=NCc3ccccc3)C(=O)NC2=S)cc1. The highest BCUT2D eigenvalue weighted by atomic mass is 32.1. The molecule has 0 radical (unpaired) electrons. The van der Waals surface area contributed by atoms with Gasteiger partial charge in [-0.05, 0) is 36.8 Å². The number of carbonyl (C=O) groups is 2. The van der Waals surface area contributed by atoms with E-state index in [1.807, 2.05) is 49.4 Å². The number of amides is 2. The summed E-state index contributed by atoms with van der Waals surface area (Å²) in [7, 11) is 0. The van der Waals surface area contributed by atoms with Crippen LogP contribution < -0.4 is 10.2 Å². The van der Waals surface area contributed by atoms with Gasteiger partial charge in [-0.2, -0.15) is 0 Å². The van der Waals surface area contributed by atoms with E-state index in [9.17, 15) is 9.59 Å². The molecule has 1 fully saturated rings. The lowest BCUT2D eigenvalue weighted by atomic mass is 10.1. The molecule has 25 heavy (non-hydrogen) atoms. The number of thiocarbonyl (C=S) groups is 1. The highest BCUT2D eigenvalue weighted by Crippen LogP contribution is 2.20. The van der Waals surface area contributed by atoms with Crippen LogP contribution in [0.15, 0.2) is 59.6 Å². The lowest BCUT2D eigenvalue weighted by Gasteiger charge is -2.31. The van der Waals surface area contributed by atoms with Gasteiger partial charge in [0.25, 0.3) is 5.91 Å². The van der Waals surface area contributed by atoms with Gasteiger partial charge in [-0.25, -0.2) is 0 Å². The van der Waals surface area contributed by atoms with Crippen molar-refractivity contribution < 1.29 is 9.59 Å². The number of anilines is 1. The Balaban J connectivity index is 1.79. The maximum atomic E-state index is 12.8. The number of benzene rings is 2. The van der Waals surface area contributed by atoms with E-state index < -0.39 is 17.7 Å². The molecular weight excluding hydrogens is 334 g/mol. The fourth-order valence-corrected chi connectivity index (χ4v) is 2.80. The van der Waals surface area contributed by atoms with Crippen molar-refractivity contribution in [1.82, 2.24) is 5.32 Å². The van der Waals surface area contributed by atoms with Crippen molar-refractivity contribution in [2.45, 2.75) is 13.5 Å². The zero-order valence-electron chi connectivity index (χ0n) is 13.7. The molecule has 2 aromatic carbocycles. The molecule has 0 spiro atoms. The molecule has 1 heterocycles. The number of aliphatic imine (C=N–C) groups is 1. The number of hydrogen-bond donors (Lipinski definition) is 1. The largest absolute Gasteiger partial charge is 0.301 e. The Labute approximate surface area is 151 Å². The molecule has 1 N–H and O–H groups in total. The highest BCUT2D eigenvalue weighted by Gasteiger charge is 2.38. The second-order valence-electron chi connectivity index (χ2n) is 5.76. The maximum Gasteiger partial charge on any atom is 0.251 e. The molecule has 1 aliphatic heterocycles. The van der Waals surface area contributed by atoms with Crippen LogP contribution >= 0.6 is 12.2 Å². The van der Waals surface area contributed by atoms with Crippen molar-refractivity contribution in [1.29, 1.82) is 0 Å². The van der Waals surface area contributed by atoms with Gasteiger partial charge in [-0.15, -0.1) is 0 Å². The zero-order valence-corrected chi connectivity index (χ0v) is 14.5. The molecular formula is C19H17N3O2S. The molecule has 5 nitrogen and oxygen atoms in total. The number of hydrogen-bond acceptors (Lipinski definition) is 4. The molecule has 1 saturated heterocycles. The summed E-state index contributed by atoms with van der Waals surface area (Å²) in [6, 6.07) is 17.0. The van der Waals surface area contributed by atoms with E-state index in [0.29, 0.717) is 12.2 Å². The van der Waals surface area contributed by atoms with E-state index in [1.165, 1.54) is 11.1 Å². The third-order valence-electron chi connectivity index (χ3n) is 3.87. The quantitative estimate of drug-likeness (QED) is 0.523. The number of nitrogens with one attached hydrogen (secondary N) is 1. The fraction of sp³-hybridized carbons (Fsp3) is 0.158. The van der Waals surface area contributed by atoms with Gasteiger partial charge in [-0.1, -0.05) is 48.0 Å². The van der Waals surface area contributed by atoms with Gasteiger partial charge in [0.1, 0.15) is 0 Å². The molecule has 3 rings (SSSR count). The average molecular weight is 351 g/mol. The molecule has 0 bridgehead atoms. The summed E-state index contributed by atoms with van der Waals surface area (Å²) in [5, 5.41) is 2.67. The standard InChI is InChI=1S/C19H17N3O2S/c1-13-7-9-15(10-8-13)22-18(24)16(17(23)21-19(22)25)12-20-11-14-5-3-2-4-6-14/h2-10,12,16H,11H2,1H3,(H,21,23,25)/t16-/m1/s1. The van der Waals surface area contributed by atoms with Gasteiger partial charge < -0.3 is 5.32 Å². The van der Waals surface area contributed by atoms with Crippen LogP contribution in [0, 0.1) is 12.8 Å². The van der Waals surface area contributed by atoms with Gasteiger partial charge in [0, 0.05) is 6.21 Å². The first-order chi connectivity index (χ1) is 12.1. The molecule has 6 heteroatoms. The van der Waals surface area contributed by atoms with Crippen LogP contribution in [0.25, 0.3) is 0 Å². The molecule has 0 aliphatic carbocycles. The van der Waals surface area contributed by atoms with E-state index in [1.54, 1.807) is 12.1 Å². The Hall–Kier alpha value is -2.86. The molecule has 1 aliphatic rings. The Kier molecular flexibility index (Phi) is 5.00. The second kappa shape index (κ2) is 7.36. The summed E-state index contributed by atoms with van der Waals surface area (Å²) < 4.78 is 0. The van der Waals surface area contributed by atoms with Crippen LogP contribution in [0.3, 0.4) is 0 Å². The van der Waals surface area contributed by atoms with Gasteiger partial charge in [0.05, 0.1) is 12.2 Å². The van der Waals surface area contributed by atoms with E-state index in [0.717, 1.165) is 11.1 Å². The molecule has 2 amide bonds. The minimum absolute atomic E-state index is 0.0894. The Morgan fingerprint density at radius 1 is 1.12 bits per heavy atom. The topological polar surface area (TPSA) is 61.8 Å². The molecule has 0 aromatic heterocycles. The van der Waals surface area contributed by atoms with Crippen molar-refractivity contribution in [3.63, 3.8) is 0 Å². The lowest BCUT2D eigenvalue weighted by molar-refractivity contribution is -0.130. The van der Waals surface area contributed by atoms with Gasteiger partial charge >= 0.3 is 0 Å². The summed E-state index contributed by atoms with van der Waals surface area (Å²) in [6.45, 7) is 2.37. The Morgan fingerprint density at radius 3 is 2.48 bits per heavy atom. The number of carbonyl (C=O) groups excluding carboxylic acids is 2. The predicted octanol–water partition coefficient (Wildman–Crippen LogP) is 2.63. The second-order valence-corrected chi connectivity index (χ2v) is 6.14. The summed E-state index contributed by atoms with van der Waals surface area (Å²) in [4.78, 5) is 30.5. The molecule has 1 atom stereocenters. The van der Waals surface area contributed by atoms with Crippen LogP contribution in [0.4, 0.5) is 5.69 Å². The van der Waals surface area contributed by atoms with Crippen molar-refractivity contribution in [2.75, 3.05) is 4.90 Å². The Morgan fingerprint density at radius 2 is 1.80 bits per heavy atom. The first kappa shape index (κ1) is 17.0. The van der Waals surface area contributed by atoms with Crippen LogP contribution in [-0.4, -0.2) is 23.1 Å². The Bertz CT molecular complexity index is 832. The third-order valence-corrected chi connectivity index (χ3v) is 4.15. The van der Waals surface area contributed by atoms with E-state index in [-0.39, 0.29) is 5.11 Å². The molecule has 0 saturated carbocycles. The van der Waals surface area contributed by atoms with Crippen LogP contribution in [0.2, 0.25) is 0 Å². The minimum Gasteiger partial charge on any atom is -0.301 e. The van der Waals surface area contributed by atoms with Gasteiger partial charge in [0.2, 0.25) is 5.91 Å². The van der Waals surface area contributed by atoms with E-state index >= 15 is 0 Å². The van der Waals surface area contributed by atoms with Crippen LogP contribution in [0.5, 0.6) is 0 Å². The summed E-state index contributed by atoms with van der Waals surface area (Å²) in [5.74, 6) is -1.83. The minimum atomic E-state index is -0.989. The lowest BCUT2D eigenvalue weighted by Crippen LogP contribution is -2.58. The first-order valence-electron chi connectivity index (χ1n) is 7.85. The first-order valence-corrected chi connectivity index (χ1v) is 8.26. The van der Waals surface area contributed by atoms with Crippen molar-refractivity contribution in [3.8, 4) is 0 Å². The van der Waals surface area contributed by atoms with Gasteiger partial charge in [0.15, 0.2) is 11.0 Å². The smallest absolute Gasteiger partial charge is 0.251 e. The normalized spacial score (nSPS) is 17.9. The maximum absolute atomic E-state index is 12.8. The number of nitrogens with zero attached hydrogens (tertiary/aromatic N) is 2. The molecule has 0 unspecified atom stereocenters. The van der Waals surface area contributed by atoms with Crippen LogP contribution in [0.1, 0.15) is 11.1 Å². The number of rotatable bonds is 4. The van der Waals surface area contributed by atoms with Crippen molar-refractivity contribution in [2.24, 2.45) is 10.9 Å². The highest BCUT2D eigenvalue weighted by molar-refractivity contribution is 7.80. The van der Waals surface area contributed by atoms with E-state index in [2.05, 4.69) is 10.3 Å². The zero-order chi connectivity index (χ0) is 17.8. The average Bonchev–Trinajstić information content (AvgIpc) is 2.60.